The summed E-state index contributed by atoms with van der Waals surface area (Å²) in [5.41, 5.74) is 0. The monoisotopic (exact) mass is 427 g/mol. The molecule has 2 saturated heterocycles. The van der Waals surface area contributed by atoms with Gasteiger partial charge in [-0.1, -0.05) is 19.4 Å². The average molecular weight is 428 g/mol. The molecular weight excluding hydrogens is 394 g/mol. The van der Waals surface area contributed by atoms with Gasteiger partial charge in [-0.05, 0) is 56.5 Å². The van der Waals surface area contributed by atoms with E-state index < -0.39 is 10.0 Å². The maximum Gasteiger partial charge on any atom is 0.252 e. The van der Waals surface area contributed by atoms with Crippen LogP contribution in [0.5, 0.6) is 0 Å². The van der Waals surface area contributed by atoms with Crippen molar-refractivity contribution in [1.29, 1.82) is 0 Å². The standard InChI is InChI=1S/C20H33N3O3S2/c1-2-18-9-3-4-12-22(18)13-7-11-21-20(24)17-8-5-14-23(16-17)28(25,26)19-10-6-15-27-19/h6,10,15,17-18H,2-5,7-9,11-14,16H2,1H3,(H,21,24)/t17-,18+/m0/s1. The number of rotatable bonds is 8. The third-order valence-corrected chi connectivity index (χ3v) is 9.22. The van der Waals surface area contributed by atoms with Gasteiger partial charge < -0.3 is 10.2 Å². The van der Waals surface area contributed by atoms with Gasteiger partial charge in [-0.3, -0.25) is 4.79 Å². The van der Waals surface area contributed by atoms with Crippen LogP contribution in [0.2, 0.25) is 0 Å². The Morgan fingerprint density at radius 2 is 2.11 bits per heavy atom. The van der Waals surface area contributed by atoms with Crippen molar-refractivity contribution >= 4 is 27.3 Å². The Balaban J connectivity index is 1.44. The van der Waals surface area contributed by atoms with Gasteiger partial charge in [-0.15, -0.1) is 11.3 Å². The molecule has 0 aromatic carbocycles. The van der Waals surface area contributed by atoms with Crippen LogP contribution in [-0.2, 0) is 14.8 Å². The highest BCUT2D eigenvalue weighted by Gasteiger charge is 2.33. The fraction of sp³-hybridized carbons (Fsp3) is 0.750. The van der Waals surface area contributed by atoms with Gasteiger partial charge in [0.05, 0.1) is 5.92 Å². The van der Waals surface area contributed by atoms with Gasteiger partial charge in [0.25, 0.3) is 10.0 Å². The van der Waals surface area contributed by atoms with Crippen molar-refractivity contribution in [1.82, 2.24) is 14.5 Å². The van der Waals surface area contributed by atoms with E-state index in [2.05, 4.69) is 17.1 Å². The number of carbonyl (C=O) groups excluding carboxylic acids is 1. The largest absolute Gasteiger partial charge is 0.356 e. The lowest BCUT2D eigenvalue weighted by atomic mass is 9.98. The van der Waals surface area contributed by atoms with Crippen LogP contribution in [0.3, 0.4) is 0 Å². The smallest absolute Gasteiger partial charge is 0.252 e. The maximum atomic E-state index is 12.7. The molecule has 0 unspecified atom stereocenters. The molecule has 8 heteroatoms. The number of piperidine rings is 2. The zero-order valence-electron chi connectivity index (χ0n) is 16.8. The lowest BCUT2D eigenvalue weighted by Crippen LogP contribution is -2.46. The molecule has 1 amide bonds. The molecule has 2 aliphatic heterocycles. The molecule has 1 aromatic rings. The molecule has 0 aliphatic carbocycles. The van der Waals surface area contributed by atoms with E-state index in [4.69, 9.17) is 0 Å². The first-order chi connectivity index (χ1) is 13.5. The molecule has 1 aromatic heterocycles. The van der Waals surface area contributed by atoms with Gasteiger partial charge >= 0.3 is 0 Å². The van der Waals surface area contributed by atoms with Crippen molar-refractivity contribution in [2.75, 3.05) is 32.7 Å². The van der Waals surface area contributed by atoms with Gasteiger partial charge in [0.15, 0.2) is 0 Å². The molecule has 3 rings (SSSR count). The topological polar surface area (TPSA) is 69.7 Å². The highest BCUT2D eigenvalue weighted by atomic mass is 32.2. The maximum absolute atomic E-state index is 12.7. The fourth-order valence-electron chi connectivity index (χ4n) is 4.37. The molecule has 0 radical (unpaired) electrons. The van der Waals surface area contributed by atoms with Crippen LogP contribution in [0.25, 0.3) is 0 Å². The summed E-state index contributed by atoms with van der Waals surface area (Å²) in [6.07, 6.45) is 7.54. The summed E-state index contributed by atoms with van der Waals surface area (Å²) in [6, 6.07) is 4.07. The van der Waals surface area contributed by atoms with E-state index in [1.807, 2.05) is 0 Å². The lowest BCUT2D eigenvalue weighted by molar-refractivity contribution is -0.126. The van der Waals surface area contributed by atoms with Crippen molar-refractivity contribution < 1.29 is 13.2 Å². The molecule has 3 heterocycles. The van der Waals surface area contributed by atoms with Gasteiger partial charge in [0.1, 0.15) is 4.21 Å². The number of likely N-dealkylation sites (tertiary alicyclic amines) is 1. The Hall–Kier alpha value is -0.960. The summed E-state index contributed by atoms with van der Waals surface area (Å²) in [5.74, 6) is -0.251. The zero-order chi connectivity index (χ0) is 20.0. The number of carbonyl (C=O) groups is 1. The van der Waals surface area contributed by atoms with Crippen molar-refractivity contribution in [2.45, 2.75) is 62.1 Å². The van der Waals surface area contributed by atoms with Crippen molar-refractivity contribution in [3.05, 3.63) is 17.5 Å². The Morgan fingerprint density at radius 1 is 1.25 bits per heavy atom. The average Bonchev–Trinajstić information content (AvgIpc) is 3.27. The molecule has 158 valence electrons. The predicted octanol–water partition coefficient (Wildman–Crippen LogP) is 2.92. The van der Waals surface area contributed by atoms with Crippen molar-refractivity contribution in [2.24, 2.45) is 5.92 Å². The van der Waals surface area contributed by atoms with E-state index in [1.54, 1.807) is 17.5 Å². The molecule has 1 N–H and O–H groups in total. The molecule has 2 fully saturated rings. The number of hydrogen-bond donors (Lipinski definition) is 1. The first-order valence-electron chi connectivity index (χ1n) is 10.6. The quantitative estimate of drug-likeness (QED) is 0.648. The summed E-state index contributed by atoms with van der Waals surface area (Å²) in [4.78, 5) is 15.1. The van der Waals surface area contributed by atoms with Crippen LogP contribution in [0, 0.1) is 5.92 Å². The highest BCUT2D eigenvalue weighted by Crippen LogP contribution is 2.26. The first kappa shape index (κ1) is 21.7. The number of hydrogen-bond acceptors (Lipinski definition) is 5. The molecule has 0 bridgehead atoms. The second-order valence-corrected chi connectivity index (χ2v) is 11.0. The molecule has 2 atom stereocenters. The van der Waals surface area contributed by atoms with E-state index in [-0.39, 0.29) is 18.4 Å². The second kappa shape index (κ2) is 10.2. The zero-order valence-corrected chi connectivity index (χ0v) is 18.4. The fourth-order valence-corrected chi connectivity index (χ4v) is 7.04. The molecule has 0 spiro atoms. The van der Waals surface area contributed by atoms with E-state index in [0.717, 1.165) is 25.8 Å². The molecule has 0 saturated carbocycles. The van der Waals surface area contributed by atoms with Gasteiger partial charge in [0.2, 0.25) is 5.91 Å². The molecular formula is C20H33N3O3S2. The van der Waals surface area contributed by atoms with Gasteiger partial charge in [0, 0.05) is 32.2 Å². The van der Waals surface area contributed by atoms with Crippen LogP contribution in [-0.4, -0.2) is 62.3 Å². The number of amides is 1. The van der Waals surface area contributed by atoms with Crippen LogP contribution in [0.15, 0.2) is 21.7 Å². The van der Waals surface area contributed by atoms with Crippen molar-refractivity contribution in [3.8, 4) is 0 Å². The predicted molar refractivity (Wildman–Crippen MR) is 113 cm³/mol. The number of sulfonamides is 1. The number of nitrogens with one attached hydrogen (secondary N) is 1. The van der Waals surface area contributed by atoms with Crippen LogP contribution in [0.4, 0.5) is 0 Å². The van der Waals surface area contributed by atoms with E-state index in [0.29, 0.717) is 23.3 Å². The number of thiophene rings is 1. The summed E-state index contributed by atoms with van der Waals surface area (Å²) in [7, 11) is -3.47. The third-order valence-electron chi connectivity index (χ3n) is 5.99. The van der Waals surface area contributed by atoms with E-state index >= 15 is 0 Å². The second-order valence-electron chi connectivity index (χ2n) is 7.87. The van der Waals surface area contributed by atoms with Gasteiger partial charge in [-0.2, -0.15) is 4.31 Å². The first-order valence-corrected chi connectivity index (χ1v) is 12.9. The van der Waals surface area contributed by atoms with Crippen LogP contribution >= 0.6 is 11.3 Å². The minimum Gasteiger partial charge on any atom is -0.356 e. The lowest BCUT2D eigenvalue weighted by Gasteiger charge is -2.35. The van der Waals surface area contributed by atoms with Crippen LogP contribution < -0.4 is 5.32 Å². The normalized spacial score (nSPS) is 24.9. The Labute approximate surface area is 173 Å². The molecule has 6 nitrogen and oxygen atoms in total. The third kappa shape index (κ3) is 5.34. The Bertz CT molecular complexity index is 721. The summed E-state index contributed by atoms with van der Waals surface area (Å²) >= 11 is 1.23. The molecule has 2 aliphatic rings. The van der Waals surface area contributed by atoms with E-state index in [1.165, 1.54) is 47.9 Å². The minimum absolute atomic E-state index is 0.00300. The number of nitrogens with zero attached hydrogens (tertiary/aromatic N) is 2. The van der Waals surface area contributed by atoms with Gasteiger partial charge in [-0.25, -0.2) is 8.42 Å². The Kier molecular flexibility index (Phi) is 7.91. The molecule has 28 heavy (non-hydrogen) atoms. The van der Waals surface area contributed by atoms with Crippen LogP contribution in [0.1, 0.15) is 51.9 Å². The highest BCUT2D eigenvalue weighted by molar-refractivity contribution is 7.91. The van der Waals surface area contributed by atoms with E-state index in [9.17, 15) is 13.2 Å². The summed E-state index contributed by atoms with van der Waals surface area (Å²) < 4.78 is 27.3. The minimum atomic E-state index is -3.47. The van der Waals surface area contributed by atoms with Crippen molar-refractivity contribution in [3.63, 3.8) is 0 Å². The Morgan fingerprint density at radius 3 is 2.86 bits per heavy atom. The summed E-state index contributed by atoms with van der Waals surface area (Å²) in [5, 5.41) is 4.82. The SMILES string of the molecule is CC[C@@H]1CCCCN1CCCNC(=O)[C@H]1CCCN(S(=O)(=O)c2cccs2)C1. The summed E-state index contributed by atoms with van der Waals surface area (Å²) in [6.45, 7) is 5.91.